The molecule has 0 aliphatic rings. The van der Waals surface area contributed by atoms with Crippen LogP contribution in [0.15, 0.2) is 24.3 Å². The second-order valence-electron chi connectivity index (χ2n) is 2.27. The van der Waals surface area contributed by atoms with Crippen molar-refractivity contribution in [3.05, 3.63) is 29.8 Å². The summed E-state index contributed by atoms with van der Waals surface area (Å²) in [6.07, 6.45) is 0. The van der Waals surface area contributed by atoms with Crippen molar-refractivity contribution in [2.75, 3.05) is 6.61 Å². The van der Waals surface area contributed by atoms with Gasteiger partial charge in [-0.2, -0.15) is 5.26 Å². The molecule has 1 N–H and O–H groups in total. The summed E-state index contributed by atoms with van der Waals surface area (Å²) in [6.45, 7) is -0.670. The smallest absolute Gasteiger partial charge is 0.337 e. The van der Waals surface area contributed by atoms with Crippen molar-refractivity contribution < 1.29 is 14.6 Å². The molecule has 0 spiro atoms. The van der Waals surface area contributed by atoms with Crippen molar-refractivity contribution >= 4 is 5.97 Å². The van der Waals surface area contributed by atoms with E-state index in [4.69, 9.17) is 10.4 Å². The molecule has 0 saturated carbocycles. The van der Waals surface area contributed by atoms with Crippen LogP contribution < -0.4 is 4.74 Å². The Morgan fingerprint density at radius 1 is 1.62 bits per heavy atom. The normalized spacial score (nSPS) is 8.92. The lowest BCUT2D eigenvalue weighted by Gasteiger charge is -2.00. The summed E-state index contributed by atoms with van der Waals surface area (Å²) in [4.78, 5) is 10.6. The number of ether oxygens (including phenoxy) is 1. The summed E-state index contributed by atoms with van der Waals surface area (Å²) in [5, 5.41) is 16.9. The zero-order valence-corrected chi connectivity index (χ0v) is 6.73. The molecule has 0 atom stereocenters. The van der Waals surface area contributed by atoms with Gasteiger partial charge >= 0.3 is 5.97 Å². The highest BCUT2D eigenvalue weighted by molar-refractivity contribution is 5.73. The SMILES string of the molecule is N#Cc1cccc(OC(=O)CO)c1. The lowest BCUT2D eigenvalue weighted by Crippen LogP contribution is -2.12. The minimum atomic E-state index is -0.741. The monoisotopic (exact) mass is 177 g/mol. The fraction of sp³-hybridized carbons (Fsp3) is 0.111. The van der Waals surface area contributed by atoms with Crippen LogP contribution in [0.2, 0.25) is 0 Å². The lowest BCUT2D eigenvalue weighted by molar-refractivity contribution is -0.137. The maximum atomic E-state index is 10.6. The quantitative estimate of drug-likeness (QED) is 0.526. The number of benzene rings is 1. The van der Waals surface area contributed by atoms with Gasteiger partial charge in [0.15, 0.2) is 0 Å². The highest BCUT2D eigenvalue weighted by Gasteiger charge is 2.02. The number of nitrogens with zero attached hydrogens (tertiary/aromatic N) is 1. The van der Waals surface area contributed by atoms with Crippen molar-refractivity contribution in [1.82, 2.24) is 0 Å². The first kappa shape index (κ1) is 9.23. The third-order valence-corrected chi connectivity index (χ3v) is 1.32. The average Bonchev–Trinajstić information content (AvgIpc) is 2.18. The largest absolute Gasteiger partial charge is 0.425 e. The minimum Gasteiger partial charge on any atom is -0.425 e. The van der Waals surface area contributed by atoms with Crippen LogP contribution in [0, 0.1) is 11.3 Å². The molecule has 1 aromatic carbocycles. The van der Waals surface area contributed by atoms with Crippen LogP contribution in [0.25, 0.3) is 0 Å². The molecule has 0 bridgehead atoms. The van der Waals surface area contributed by atoms with Crippen molar-refractivity contribution in [3.8, 4) is 11.8 Å². The van der Waals surface area contributed by atoms with Crippen LogP contribution in [0.4, 0.5) is 0 Å². The third kappa shape index (κ3) is 2.58. The van der Waals surface area contributed by atoms with Crippen molar-refractivity contribution in [3.63, 3.8) is 0 Å². The summed E-state index contributed by atoms with van der Waals surface area (Å²) < 4.78 is 4.67. The van der Waals surface area contributed by atoms with E-state index in [9.17, 15) is 4.79 Å². The van der Waals surface area contributed by atoms with E-state index < -0.39 is 12.6 Å². The van der Waals surface area contributed by atoms with Crippen LogP contribution in [-0.2, 0) is 4.79 Å². The number of rotatable bonds is 2. The molecule has 1 aromatic rings. The van der Waals surface area contributed by atoms with Gasteiger partial charge in [0.1, 0.15) is 12.4 Å². The summed E-state index contributed by atoms with van der Waals surface area (Å²) in [5.41, 5.74) is 0.406. The summed E-state index contributed by atoms with van der Waals surface area (Å²) in [6, 6.07) is 8.05. The van der Waals surface area contributed by atoms with Gasteiger partial charge in [0.25, 0.3) is 0 Å². The summed E-state index contributed by atoms with van der Waals surface area (Å²) in [5.74, 6) is -0.479. The number of carbonyl (C=O) groups excluding carboxylic acids is 1. The number of esters is 1. The number of aliphatic hydroxyl groups is 1. The Kier molecular flexibility index (Phi) is 3.01. The first-order valence-electron chi connectivity index (χ1n) is 3.58. The summed E-state index contributed by atoms with van der Waals surface area (Å²) in [7, 11) is 0. The van der Waals surface area contributed by atoms with Gasteiger partial charge in [-0.05, 0) is 18.2 Å². The number of hydrogen-bond acceptors (Lipinski definition) is 4. The van der Waals surface area contributed by atoms with E-state index in [2.05, 4.69) is 4.74 Å². The molecule has 0 aliphatic heterocycles. The summed E-state index contributed by atoms with van der Waals surface area (Å²) >= 11 is 0. The Morgan fingerprint density at radius 3 is 3.00 bits per heavy atom. The molecular formula is C9H7NO3. The van der Waals surface area contributed by atoms with E-state index in [-0.39, 0.29) is 5.75 Å². The van der Waals surface area contributed by atoms with Gasteiger partial charge in [0, 0.05) is 0 Å². The van der Waals surface area contributed by atoms with Gasteiger partial charge < -0.3 is 9.84 Å². The van der Waals surface area contributed by atoms with Gasteiger partial charge in [-0.25, -0.2) is 4.79 Å². The van der Waals surface area contributed by atoms with E-state index in [1.165, 1.54) is 12.1 Å². The van der Waals surface area contributed by atoms with Crippen LogP contribution in [0.5, 0.6) is 5.75 Å². The number of carbonyl (C=O) groups is 1. The third-order valence-electron chi connectivity index (χ3n) is 1.32. The Hall–Kier alpha value is -1.86. The molecule has 4 heteroatoms. The number of hydrogen-bond donors (Lipinski definition) is 1. The standard InChI is InChI=1S/C9H7NO3/c10-5-7-2-1-3-8(4-7)13-9(12)6-11/h1-4,11H,6H2. The van der Waals surface area contributed by atoms with Gasteiger partial charge in [-0.3, -0.25) is 0 Å². The van der Waals surface area contributed by atoms with E-state index in [0.29, 0.717) is 5.56 Å². The van der Waals surface area contributed by atoms with Crippen molar-refractivity contribution in [2.24, 2.45) is 0 Å². The maximum absolute atomic E-state index is 10.6. The Morgan fingerprint density at radius 2 is 2.38 bits per heavy atom. The van der Waals surface area contributed by atoms with Crippen molar-refractivity contribution in [2.45, 2.75) is 0 Å². The highest BCUT2D eigenvalue weighted by atomic mass is 16.5. The second kappa shape index (κ2) is 4.24. The molecule has 66 valence electrons. The fourth-order valence-electron chi connectivity index (χ4n) is 0.793. The first-order chi connectivity index (χ1) is 6.26. The molecule has 13 heavy (non-hydrogen) atoms. The molecule has 0 aromatic heterocycles. The Bertz CT molecular complexity index is 354. The van der Waals surface area contributed by atoms with E-state index >= 15 is 0 Å². The van der Waals surface area contributed by atoms with E-state index in [1.807, 2.05) is 6.07 Å². The zero-order valence-electron chi connectivity index (χ0n) is 6.73. The molecule has 0 unspecified atom stereocenters. The first-order valence-corrected chi connectivity index (χ1v) is 3.58. The van der Waals surface area contributed by atoms with Crippen LogP contribution >= 0.6 is 0 Å². The zero-order chi connectivity index (χ0) is 9.68. The molecular weight excluding hydrogens is 170 g/mol. The lowest BCUT2D eigenvalue weighted by atomic mass is 10.2. The number of aliphatic hydroxyl groups excluding tert-OH is 1. The predicted molar refractivity (Wildman–Crippen MR) is 43.9 cm³/mol. The molecule has 0 radical (unpaired) electrons. The van der Waals surface area contributed by atoms with Gasteiger partial charge in [-0.1, -0.05) is 6.07 Å². The second-order valence-corrected chi connectivity index (χ2v) is 2.27. The molecule has 0 heterocycles. The molecule has 0 amide bonds. The molecule has 0 saturated heterocycles. The molecule has 0 aliphatic carbocycles. The molecule has 0 fully saturated rings. The highest BCUT2D eigenvalue weighted by Crippen LogP contribution is 2.12. The molecule has 1 rings (SSSR count). The van der Waals surface area contributed by atoms with Crippen LogP contribution in [-0.4, -0.2) is 17.7 Å². The minimum absolute atomic E-state index is 0.262. The Balaban J connectivity index is 2.79. The van der Waals surface area contributed by atoms with E-state index in [0.717, 1.165) is 0 Å². The topological polar surface area (TPSA) is 70.3 Å². The fourth-order valence-corrected chi connectivity index (χ4v) is 0.793. The Labute approximate surface area is 75.0 Å². The van der Waals surface area contributed by atoms with Gasteiger partial charge in [0.2, 0.25) is 0 Å². The van der Waals surface area contributed by atoms with Gasteiger partial charge in [0.05, 0.1) is 11.6 Å². The van der Waals surface area contributed by atoms with Gasteiger partial charge in [-0.15, -0.1) is 0 Å². The average molecular weight is 177 g/mol. The van der Waals surface area contributed by atoms with E-state index in [1.54, 1.807) is 12.1 Å². The maximum Gasteiger partial charge on any atom is 0.337 e. The predicted octanol–water partition coefficient (Wildman–Crippen LogP) is 0.456. The number of nitriles is 1. The van der Waals surface area contributed by atoms with Crippen LogP contribution in [0.3, 0.4) is 0 Å². The molecule has 4 nitrogen and oxygen atoms in total. The van der Waals surface area contributed by atoms with Crippen molar-refractivity contribution in [1.29, 1.82) is 5.26 Å². The van der Waals surface area contributed by atoms with Crippen LogP contribution in [0.1, 0.15) is 5.56 Å².